The molecular formula is C135H126N6Si3. The molecule has 0 aliphatic heterocycles. The Morgan fingerprint density at radius 2 is 0.292 bits per heavy atom. The number of hydrogen-bond acceptors (Lipinski definition) is 3. The zero-order chi connectivity index (χ0) is 99.8. The van der Waals surface area contributed by atoms with Crippen LogP contribution in [0.1, 0.15) is 158 Å². The van der Waals surface area contributed by atoms with Crippen molar-refractivity contribution in [2.75, 3.05) is 0 Å². The summed E-state index contributed by atoms with van der Waals surface area (Å²) in [5, 5.41) is 22.9. The predicted octanol–water partition coefficient (Wildman–Crippen LogP) is 26.1. The molecule has 144 heavy (non-hydrogen) atoms. The Morgan fingerprint density at radius 3 is 0.438 bits per heavy atom. The summed E-state index contributed by atoms with van der Waals surface area (Å²) in [4.78, 5) is 17.1. The van der Waals surface area contributed by atoms with E-state index in [4.69, 9.17) is 15.0 Å². The van der Waals surface area contributed by atoms with Gasteiger partial charge in [-0.15, -0.1) is 0 Å². The maximum Gasteiger partial charge on any atom is 0.179 e. The Bertz CT molecular complexity index is 7420. The van der Waals surface area contributed by atoms with E-state index in [0.717, 1.165) is 33.8 Å². The summed E-state index contributed by atoms with van der Waals surface area (Å²) in [7, 11) is -9.51. The average molecular weight is 1920 g/mol. The van der Waals surface area contributed by atoms with Gasteiger partial charge in [0, 0.05) is 66.1 Å². The quantitative estimate of drug-likeness (QED) is 0.0635. The largest absolute Gasteiger partial charge is 0.309 e. The van der Waals surface area contributed by atoms with Crippen molar-refractivity contribution in [2.45, 2.75) is 157 Å². The first kappa shape index (κ1) is 94.0. The van der Waals surface area contributed by atoms with Crippen LogP contribution in [0.15, 0.2) is 437 Å². The summed E-state index contributed by atoms with van der Waals surface area (Å²) in [6.07, 6.45) is 0. The molecule has 18 aromatic carbocycles. The van der Waals surface area contributed by atoms with Crippen molar-refractivity contribution in [1.29, 1.82) is 0 Å². The first-order chi connectivity index (χ1) is 69.1. The van der Waals surface area contributed by atoms with Crippen molar-refractivity contribution in [1.82, 2.24) is 28.7 Å². The van der Waals surface area contributed by atoms with Gasteiger partial charge in [0.1, 0.15) is 0 Å². The first-order valence-electron chi connectivity index (χ1n) is 51.2. The van der Waals surface area contributed by atoms with E-state index in [2.05, 4.69) is 575 Å². The fourth-order valence-electron chi connectivity index (χ4n) is 22.8. The van der Waals surface area contributed by atoms with Crippen molar-refractivity contribution < 1.29 is 0 Å². The molecular weight excluding hydrogens is 1790 g/mol. The topological polar surface area (TPSA) is 53.5 Å². The van der Waals surface area contributed by atoms with Crippen molar-refractivity contribution in [2.24, 2.45) is 0 Å². The van der Waals surface area contributed by atoms with Crippen LogP contribution in [0.5, 0.6) is 0 Å². The molecule has 4 aromatic heterocycles. The predicted molar refractivity (Wildman–Crippen MR) is 622 cm³/mol. The van der Waals surface area contributed by atoms with Crippen LogP contribution in [-0.2, 0) is 32.5 Å². The number of benzene rings is 18. The molecule has 0 fully saturated rings. The molecule has 708 valence electrons. The summed E-state index contributed by atoms with van der Waals surface area (Å²) in [5.74, 6) is 1.74. The van der Waals surface area contributed by atoms with Crippen LogP contribution in [0, 0.1) is 0 Å². The number of aromatic nitrogens is 6. The molecule has 0 spiro atoms. The molecule has 4 heterocycles. The number of nitrogens with zero attached hydrogens (tertiary/aromatic N) is 6. The van der Waals surface area contributed by atoms with Gasteiger partial charge in [0.2, 0.25) is 0 Å². The standard InChI is InChI=1S/C135H126N6Si3/c1-130(2,3)94-55-79-121-115(85-94)116-86-95(131(4,5)6)56-80-122(116)139(121)100-61-73-112(74-62-100)142(103-37-25-19-26-38-103,104-39-27-20-28-40-104)109-67-49-91(50-68-109)127-136-128(92-51-69-110(70-52-92)143(105-41-29-21-30-42-105,106-43-31-22-32-44-106)113-75-63-101(64-76-113)140-123-81-57-96(132(7,8)9)87-117(123)118-88-97(133(10,11)12)58-82-124(118)140)138-129(137-127)93-53-71-111(72-54-93)144(107-45-33-23-34-46-107,108-47-35-24-36-48-108)114-77-65-102(66-78-114)141-125-83-59-98(134(13,14)15)89-119(125)120-90-99(135(16,17)18)60-84-126(120)141/h19-90H,1-18H3. The van der Waals surface area contributed by atoms with Crippen molar-refractivity contribution >= 4 is 152 Å². The number of rotatable bonds is 18. The summed E-state index contributed by atoms with van der Waals surface area (Å²) in [5.41, 5.74) is 21.0. The first-order valence-corrected chi connectivity index (χ1v) is 57.2. The third-order valence-corrected chi connectivity index (χ3v) is 45.2. The van der Waals surface area contributed by atoms with Gasteiger partial charge in [0.15, 0.2) is 41.7 Å². The fourth-order valence-corrected chi connectivity index (χ4v) is 36.9. The molecule has 0 amide bonds. The van der Waals surface area contributed by atoms with Gasteiger partial charge in [-0.3, -0.25) is 0 Å². The monoisotopic (exact) mass is 1910 g/mol. The minimum absolute atomic E-state index is 0.0224. The minimum atomic E-state index is -3.17. The van der Waals surface area contributed by atoms with Crippen molar-refractivity contribution in [3.8, 4) is 51.2 Å². The van der Waals surface area contributed by atoms with E-state index in [1.165, 1.54) is 161 Å². The molecule has 0 saturated heterocycles. The van der Waals surface area contributed by atoms with Crippen molar-refractivity contribution in [3.63, 3.8) is 0 Å². The van der Waals surface area contributed by atoms with E-state index in [-0.39, 0.29) is 32.5 Å². The third-order valence-electron chi connectivity index (χ3n) is 30.8. The van der Waals surface area contributed by atoms with Crippen LogP contribution >= 0.6 is 0 Å². The highest BCUT2D eigenvalue weighted by Gasteiger charge is 2.46. The SMILES string of the molecule is CC(C)(C)c1ccc2c(c1)c1cc(C(C)(C)C)ccc1n2-c1ccc([Si](c2ccccc2)(c2ccccc2)c2ccc(-c3nc(-c4ccc([Si](c5ccccc5)(c5ccccc5)c5ccc(-n6c7ccc(C(C)(C)C)cc7c7cc(C(C)(C)C)ccc76)cc5)cc4)nc(-c4ccc([Si](c5ccccc5)(c5ccccc5)c5ccc(-n6c7ccc(C(C)(C)C)cc7c7cc(C(C)(C)C)ccc76)cc5)cc4)n3)cc2)cc1. The average Bonchev–Trinajstić information content (AvgIpc) is 1.67. The molecule has 22 aromatic rings. The van der Waals surface area contributed by atoms with Crippen LogP contribution in [0.4, 0.5) is 0 Å². The second-order valence-electron chi connectivity index (χ2n) is 46.0. The highest BCUT2D eigenvalue weighted by molar-refractivity contribution is 7.21. The normalized spacial score (nSPS) is 12.8. The maximum absolute atomic E-state index is 5.72. The zero-order valence-corrected chi connectivity index (χ0v) is 89.3. The lowest BCUT2D eigenvalue weighted by molar-refractivity contribution is 0.590. The van der Waals surface area contributed by atoms with Gasteiger partial charge in [0.05, 0.1) is 33.1 Å². The lowest BCUT2D eigenvalue weighted by Gasteiger charge is -2.34. The Morgan fingerprint density at radius 1 is 0.153 bits per heavy atom. The van der Waals surface area contributed by atoms with E-state index in [0.29, 0.717) is 17.5 Å². The van der Waals surface area contributed by atoms with E-state index in [1.807, 2.05) is 0 Å². The van der Waals surface area contributed by atoms with Gasteiger partial charge in [-0.25, -0.2) is 15.0 Å². The summed E-state index contributed by atoms with van der Waals surface area (Å²) in [6, 6.07) is 167. The van der Waals surface area contributed by atoms with Crippen LogP contribution in [0.25, 0.3) is 117 Å². The molecule has 0 atom stereocenters. The highest BCUT2D eigenvalue weighted by Crippen LogP contribution is 2.43. The maximum atomic E-state index is 5.72. The van der Waals surface area contributed by atoms with Crippen molar-refractivity contribution in [3.05, 3.63) is 470 Å². The van der Waals surface area contributed by atoms with E-state index in [1.54, 1.807) is 0 Å². The van der Waals surface area contributed by atoms with Crippen LogP contribution in [0.3, 0.4) is 0 Å². The molecule has 9 heteroatoms. The highest BCUT2D eigenvalue weighted by atomic mass is 28.3. The molecule has 0 unspecified atom stereocenters. The smallest absolute Gasteiger partial charge is 0.179 e. The van der Waals surface area contributed by atoms with E-state index < -0.39 is 24.2 Å². The van der Waals surface area contributed by atoms with Crippen LogP contribution in [-0.4, -0.2) is 52.9 Å². The lowest BCUT2D eigenvalue weighted by atomic mass is 9.85. The molecule has 6 nitrogen and oxygen atoms in total. The van der Waals surface area contributed by atoms with E-state index >= 15 is 0 Å². The summed E-state index contributed by atoms with van der Waals surface area (Å²) < 4.78 is 7.45. The summed E-state index contributed by atoms with van der Waals surface area (Å²) in [6.45, 7) is 41.7. The van der Waals surface area contributed by atoms with Gasteiger partial charge in [-0.05, 0) is 237 Å². The fraction of sp³-hybridized carbons (Fsp3) is 0.178. The molecule has 0 saturated carbocycles. The molecule has 0 N–H and O–H groups in total. The van der Waals surface area contributed by atoms with Gasteiger partial charge in [0.25, 0.3) is 0 Å². The minimum Gasteiger partial charge on any atom is -0.309 e. The molecule has 0 aliphatic carbocycles. The van der Waals surface area contributed by atoms with E-state index in [9.17, 15) is 0 Å². The number of fused-ring (bicyclic) bond motifs is 9. The number of hydrogen-bond donors (Lipinski definition) is 0. The van der Waals surface area contributed by atoms with Crippen LogP contribution in [0.2, 0.25) is 0 Å². The Balaban J connectivity index is 0.704. The molecule has 0 radical (unpaired) electrons. The third kappa shape index (κ3) is 16.4. The van der Waals surface area contributed by atoms with Gasteiger partial charge < -0.3 is 13.7 Å². The van der Waals surface area contributed by atoms with Gasteiger partial charge in [-0.1, -0.05) is 452 Å². The van der Waals surface area contributed by atoms with Gasteiger partial charge in [-0.2, -0.15) is 0 Å². The Labute approximate surface area is 852 Å². The zero-order valence-electron chi connectivity index (χ0n) is 86.3. The van der Waals surface area contributed by atoms with Gasteiger partial charge >= 0.3 is 0 Å². The molecule has 0 aliphatic rings. The summed E-state index contributed by atoms with van der Waals surface area (Å²) >= 11 is 0. The molecule has 22 rings (SSSR count). The lowest BCUT2D eigenvalue weighted by Crippen LogP contribution is -2.74. The second-order valence-corrected chi connectivity index (χ2v) is 57.5. The van der Waals surface area contributed by atoms with Crippen LogP contribution < -0.4 is 62.2 Å². The molecule has 0 bridgehead atoms. The Kier molecular flexibility index (Phi) is 23.4. The Hall–Kier alpha value is -15.0. The second kappa shape index (κ2) is 35.9.